The van der Waals surface area contributed by atoms with E-state index in [0.717, 1.165) is 22.2 Å². The Morgan fingerprint density at radius 3 is 2.16 bits per heavy atom. The lowest BCUT2D eigenvalue weighted by atomic mass is 10.1. The van der Waals surface area contributed by atoms with E-state index in [-0.39, 0.29) is 24.5 Å². The standard InChI is InChI=1S/C24H31BrN2O4/c1-5-17(3)26-24(29)22(6-2)27(15-18-7-11-20(30-4)12-8-18)23(28)16-31-21-13-9-19(25)10-14-21/h7-14,17,22H,5-6,15-16H2,1-4H3,(H,26,29)/t17-,22+/m1/s1. The maximum atomic E-state index is 13.2. The molecule has 2 aromatic rings. The first-order valence-corrected chi connectivity index (χ1v) is 11.3. The Hall–Kier alpha value is -2.54. The predicted molar refractivity (Wildman–Crippen MR) is 125 cm³/mol. The molecule has 0 fully saturated rings. The maximum absolute atomic E-state index is 13.2. The third kappa shape index (κ3) is 7.58. The largest absolute Gasteiger partial charge is 0.497 e. The smallest absolute Gasteiger partial charge is 0.261 e. The number of nitrogens with zero attached hydrogens (tertiary/aromatic N) is 1. The normalized spacial score (nSPS) is 12.5. The summed E-state index contributed by atoms with van der Waals surface area (Å²) in [4.78, 5) is 27.7. The van der Waals surface area contributed by atoms with E-state index in [1.807, 2.05) is 57.2 Å². The van der Waals surface area contributed by atoms with Crippen LogP contribution in [0.3, 0.4) is 0 Å². The Morgan fingerprint density at radius 1 is 1.00 bits per heavy atom. The first-order valence-electron chi connectivity index (χ1n) is 10.5. The topological polar surface area (TPSA) is 67.9 Å². The van der Waals surface area contributed by atoms with Gasteiger partial charge >= 0.3 is 0 Å². The summed E-state index contributed by atoms with van der Waals surface area (Å²) < 4.78 is 11.8. The average molecular weight is 491 g/mol. The van der Waals surface area contributed by atoms with Crippen molar-refractivity contribution < 1.29 is 19.1 Å². The van der Waals surface area contributed by atoms with Gasteiger partial charge in [-0.1, -0.05) is 41.9 Å². The van der Waals surface area contributed by atoms with Crippen LogP contribution in [0.25, 0.3) is 0 Å². The monoisotopic (exact) mass is 490 g/mol. The molecule has 0 aromatic heterocycles. The number of hydrogen-bond donors (Lipinski definition) is 1. The number of halogens is 1. The summed E-state index contributed by atoms with van der Waals surface area (Å²) in [7, 11) is 1.61. The minimum Gasteiger partial charge on any atom is -0.497 e. The molecule has 0 aliphatic carbocycles. The van der Waals surface area contributed by atoms with Crippen molar-refractivity contribution in [2.45, 2.75) is 52.2 Å². The summed E-state index contributed by atoms with van der Waals surface area (Å²) in [5.74, 6) is 0.937. The van der Waals surface area contributed by atoms with Crippen molar-refractivity contribution in [1.82, 2.24) is 10.2 Å². The lowest BCUT2D eigenvalue weighted by Crippen LogP contribution is -2.51. The highest BCUT2D eigenvalue weighted by Crippen LogP contribution is 2.19. The van der Waals surface area contributed by atoms with Crippen LogP contribution in [0.5, 0.6) is 11.5 Å². The lowest BCUT2D eigenvalue weighted by Gasteiger charge is -2.31. The number of rotatable bonds is 11. The van der Waals surface area contributed by atoms with Crippen LogP contribution in [0.15, 0.2) is 53.0 Å². The Kier molecular flexibility index (Phi) is 9.85. The fourth-order valence-corrected chi connectivity index (χ4v) is 3.31. The molecule has 1 N–H and O–H groups in total. The third-order valence-electron chi connectivity index (χ3n) is 5.07. The highest BCUT2D eigenvalue weighted by atomic mass is 79.9. The SMILES string of the molecule is CC[C@@H](C)NC(=O)[C@H](CC)N(Cc1ccc(OC)cc1)C(=O)COc1ccc(Br)cc1. The molecule has 0 aliphatic heterocycles. The molecule has 0 saturated carbocycles. The molecule has 0 bridgehead atoms. The molecule has 0 spiro atoms. The van der Waals surface area contributed by atoms with E-state index in [4.69, 9.17) is 9.47 Å². The summed E-state index contributed by atoms with van der Waals surface area (Å²) in [5.41, 5.74) is 0.910. The van der Waals surface area contributed by atoms with E-state index in [0.29, 0.717) is 18.7 Å². The van der Waals surface area contributed by atoms with Gasteiger partial charge in [0.1, 0.15) is 17.5 Å². The van der Waals surface area contributed by atoms with E-state index in [2.05, 4.69) is 21.2 Å². The van der Waals surface area contributed by atoms with Crippen LogP contribution in [-0.2, 0) is 16.1 Å². The van der Waals surface area contributed by atoms with Crippen LogP contribution in [0, 0.1) is 0 Å². The molecule has 31 heavy (non-hydrogen) atoms. The predicted octanol–water partition coefficient (Wildman–Crippen LogP) is 4.56. The Balaban J connectivity index is 2.20. The molecule has 2 aromatic carbocycles. The third-order valence-corrected chi connectivity index (χ3v) is 5.60. The van der Waals surface area contributed by atoms with Crippen LogP contribution in [-0.4, -0.2) is 42.5 Å². The molecule has 2 atom stereocenters. The van der Waals surface area contributed by atoms with Gasteiger partial charge in [0, 0.05) is 17.1 Å². The van der Waals surface area contributed by atoms with Crippen LogP contribution in [0.4, 0.5) is 0 Å². The van der Waals surface area contributed by atoms with Crippen molar-refractivity contribution in [2.24, 2.45) is 0 Å². The van der Waals surface area contributed by atoms with Gasteiger partial charge < -0.3 is 19.7 Å². The summed E-state index contributed by atoms with van der Waals surface area (Å²) >= 11 is 3.38. The zero-order valence-corrected chi connectivity index (χ0v) is 20.1. The zero-order chi connectivity index (χ0) is 22.8. The van der Waals surface area contributed by atoms with Crippen molar-refractivity contribution in [3.63, 3.8) is 0 Å². The number of methoxy groups -OCH3 is 1. The van der Waals surface area contributed by atoms with Gasteiger partial charge in [-0.05, 0) is 61.7 Å². The van der Waals surface area contributed by atoms with Gasteiger partial charge in [0.05, 0.1) is 7.11 Å². The number of carbonyl (C=O) groups excluding carboxylic acids is 2. The Labute approximate surface area is 193 Å². The highest BCUT2D eigenvalue weighted by Gasteiger charge is 2.29. The second-order valence-electron chi connectivity index (χ2n) is 7.35. The van der Waals surface area contributed by atoms with Gasteiger partial charge in [-0.15, -0.1) is 0 Å². The molecule has 0 heterocycles. The molecule has 2 rings (SSSR count). The molecule has 0 radical (unpaired) electrons. The van der Waals surface area contributed by atoms with E-state index in [1.165, 1.54) is 0 Å². The summed E-state index contributed by atoms with van der Waals surface area (Å²) in [6.45, 7) is 6.03. The maximum Gasteiger partial charge on any atom is 0.261 e. The van der Waals surface area contributed by atoms with Gasteiger partial charge in [0.25, 0.3) is 5.91 Å². The van der Waals surface area contributed by atoms with Crippen molar-refractivity contribution in [3.05, 3.63) is 58.6 Å². The van der Waals surface area contributed by atoms with Crippen LogP contribution >= 0.6 is 15.9 Å². The second-order valence-corrected chi connectivity index (χ2v) is 8.27. The van der Waals surface area contributed by atoms with Crippen LogP contribution < -0.4 is 14.8 Å². The van der Waals surface area contributed by atoms with Crippen molar-refractivity contribution >= 4 is 27.7 Å². The Bertz CT molecular complexity index is 840. The van der Waals surface area contributed by atoms with E-state index >= 15 is 0 Å². The molecule has 0 saturated heterocycles. The molecule has 2 amide bonds. The number of ether oxygens (including phenoxy) is 2. The van der Waals surface area contributed by atoms with Gasteiger partial charge in [0.15, 0.2) is 6.61 Å². The quantitative estimate of drug-likeness (QED) is 0.501. The first-order chi connectivity index (χ1) is 14.9. The summed E-state index contributed by atoms with van der Waals surface area (Å²) in [6.07, 6.45) is 1.32. The van der Waals surface area contributed by atoms with Gasteiger partial charge in [-0.25, -0.2) is 0 Å². The van der Waals surface area contributed by atoms with E-state index < -0.39 is 6.04 Å². The average Bonchev–Trinajstić information content (AvgIpc) is 2.78. The van der Waals surface area contributed by atoms with Crippen LogP contribution in [0.2, 0.25) is 0 Å². The molecular weight excluding hydrogens is 460 g/mol. The molecule has 168 valence electrons. The zero-order valence-electron chi connectivity index (χ0n) is 18.6. The molecular formula is C24H31BrN2O4. The second kappa shape index (κ2) is 12.3. The molecule has 7 heteroatoms. The minimum absolute atomic E-state index is 0.0403. The fraction of sp³-hybridized carbons (Fsp3) is 0.417. The molecule has 6 nitrogen and oxygen atoms in total. The van der Waals surface area contributed by atoms with E-state index in [1.54, 1.807) is 24.1 Å². The number of benzene rings is 2. The number of amides is 2. The van der Waals surface area contributed by atoms with Crippen molar-refractivity contribution in [2.75, 3.05) is 13.7 Å². The fourth-order valence-electron chi connectivity index (χ4n) is 3.05. The van der Waals surface area contributed by atoms with Gasteiger partial charge in [0.2, 0.25) is 5.91 Å². The molecule has 0 unspecified atom stereocenters. The van der Waals surface area contributed by atoms with Crippen LogP contribution in [0.1, 0.15) is 39.2 Å². The highest BCUT2D eigenvalue weighted by molar-refractivity contribution is 9.10. The molecule has 0 aliphatic rings. The van der Waals surface area contributed by atoms with Crippen molar-refractivity contribution in [1.29, 1.82) is 0 Å². The number of hydrogen-bond acceptors (Lipinski definition) is 4. The number of carbonyl (C=O) groups is 2. The van der Waals surface area contributed by atoms with Crippen molar-refractivity contribution in [3.8, 4) is 11.5 Å². The Morgan fingerprint density at radius 2 is 1.61 bits per heavy atom. The number of nitrogens with one attached hydrogen (secondary N) is 1. The van der Waals surface area contributed by atoms with Gasteiger partial charge in [-0.3, -0.25) is 9.59 Å². The van der Waals surface area contributed by atoms with Gasteiger partial charge in [-0.2, -0.15) is 0 Å². The first kappa shape index (κ1) is 24.7. The summed E-state index contributed by atoms with van der Waals surface area (Å²) in [6, 6.07) is 14.2. The van der Waals surface area contributed by atoms with E-state index in [9.17, 15) is 9.59 Å². The summed E-state index contributed by atoms with van der Waals surface area (Å²) in [5, 5.41) is 3.00. The minimum atomic E-state index is -0.586. The lowest BCUT2D eigenvalue weighted by molar-refractivity contribution is -0.143.